The van der Waals surface area contributed by atoms with Gasteiger partial charge in [0.2, 0.25) is 5.91 Å². The zero-order valence-electron chi connectivity index (χ0n) is 10.5. The first kappa shape index (κ1) is 12.4. The molecule has 2 nitrogen and oxygen atoms in total. The molecule has 0 aromatic heterocycles. The third-order valence-corrected chi connectivity index (χ3v) is 3.40. The van der Waals surface area contributed by atoms with Crippen LogP contribution >= 0.6 is 11.6 Å². The number of rotatable bonds is 2. The quantitative estimate of drug-likeness (QED) is 0.857. The van der Waals surface area contributed by atoms with E-state index in [-0.39, 0.29) is 16.9 Å². The summed E-state index contributed by atoms with van der Waals surface area (Å²) in [5.74, 6) is 0.0926. The molecule has 0 spiro atoms. The van der Waals surface area contributed by atoms with Crippen molar-refractivity contribution in [2.75, 3.05) is 0 Å². The summed E-state index contributed by atoms with van der Waals surface area (Å²) < 4.78 is 0. The van der Waals surface area contributed by atoms with Crippen LogP contribution < -0.4 is 5.32 Å². The predicted molar refractivity (Wildman–Crippen MR) is 70.0 cm³/mol. The molecule has 3 heteroatoms. The second-order valence-corrected chi connectivity index (χ2v) is 6.23. The van der Waals surface area contributed by atoms with E-state index in [1.807, 2.05) is 45.0 Å². The molecule has 0 unspecified atom stereocenters. The van der Waals surface area contributed by atoms with Crippen molar-refractivity contribution in [3.63, 3.8) is 0 Å². The van der Waals surface area contributed by atoms with E-state index in [0.29, 0.717) is 0 Å². The first-order valence-electron chi connectivity index (χ1n) is 5.92. The minimum Gasteiger partial charge on any atom is -0.346 e. The maximum Gasteiger partial charge on any atom is 0.226 e. The highest BCUT2D eigenvalue weighted by molar-refractivity contribution is 6.30. The Balaban J connectivity index is 2.18. The van der Waals surface area contributed by atoms with Crippen molar-refractivity contribution in [3.05, 3.63) is 34.9 Å². The van der Waals surface area contributed by atoms with Crippen molar-refractivity contribution >= 4 is 17.5 Å². The second-order valence-electron chi connectivity index (χ2n) is 5.80. The number of halogens is 1. The van der Waals surface area contributed by atoms with Gasteiger partial charge in [-0.3, -0.25) is 4.79 Å². The van der Waals surface area contributed by atoms with E-state index in [4.69, 9.17) is 11.6 Å². The average molecular weight is 252 g/mol. The minimum absolute atomic E-state index is 0.0926. The molecule has 17 heavy (non-hydrogen) atoms. The molecule has 1 aromatic carbocycles. The van der Waals surface area contributed by atoms with Crippen LogP contribution in [0.3, 0.4) is 0 Å². The van der Waals surface area contributed by atoms with Crippen LogP contribution in [-0.4, -0.2) is 5.91 Å². The van der Waals surface area contributed by atoms with Crippen LogP contribution in [-0.2, 0) is 10.3 Å². The molecule has 0 bridgehead atoms. The Bertz CT molecular complexity index is 444. The zero-order valence-corrected chi connectivity index (χ0v) is 11.3. The highest BCUT2D eigenvalue weighted by atomic mass is 35.5. The van der Waals surface area contributed by atoms with Gasteiger partial charge in [0, 0.05) is 10.4 Å². The Morgan fingerprint density at radius 3 is 2.47 bits per heavy atom. The van der Waals surface area contributed by atoms with E-state index in [2.05, 4.69) is 5.32 Å². The van der Waals surface area contributed by atoms with E-state index in [1.165, 1.54) is 0 Å². The van der Waals surface area contributed by atoms with Gasteiger partial charge in [0.15, 0.2) is 0 Å². The summed E-state index contributed by atoms with van der Waals surface area (Å²) in [4.78, 5) is 12.0. The molecule has 1 aromatic rings. The molecule has 1 amide bonds. The van der Waals surface area contributed by atoms with Crippen LogP contribution in [0.5, 0.6) is 0 Å². The fourth-order valence-corrected chi connectivity index (χ4v) is 1.99. The summed E-state index contributed by atoms with van der Waals surface area (Å²) in [6.45, 7) is 5.78. The first-order chi connectivity index (χ1) is 7.83. The van der Waals surface area contributed by atoms with Gasteiger partial charge >= 0.3 is 0 Å². The van der Waals surface area contributed by atoms with Crippen molar-refractivity contribution in [1.29, 1.82) is 0 Å². The van der Waals surface area contributed by atoms with Crippen LogP contribution in [0.25, 0.3) is 0 Å². The first-order valence-corrected chi connectivity index (χ1v) is 6.30. The maximum absolute atomic E-state index is 12.0. The number of carbonyl (C=O) groups excluding carboxylic acids is 1. The van der Waals surface area contributed by atoms with E-state index < -0.39 is 0 Å². The van der Waals surface area contributed by atoms with Crippen LogP contribution in [0.2, 0.25) is 5.02 Å². The molecule has 0 aliphatic heterocycles. The van der Waals surface area contributed by atoms with E-state index in [9.17, 15) is 4.79 Å². The molecule has 2 rings (SSSR count). The topological polar surface area (TPSA) is 29.1 Å². The van der Waals surface area contributed by atoms with E-state index in [0.717, 1.165) is 23.4 Å². The summed E-state index contributed by atoms with van der Waals surface area (Å²) in [7, 11) is 0. The fourth-order valence-electron chi connectivity index (χ4n) is 1.80. The van der Waals surface area contributed by atoms with Gasteiger partial charge in [-0.25, -0.2) is 0 Å². The molecule has 1 aliphatic rings. The Hall–Kier alpha value is -1.02. The molecule has 0 atom stereocenters. The number of nitrogens with one attached hydrogen (secondary N) is 1. The second kappa shape index (κ2) is 4.02. The van der Waals surface area contributed by atoms with Crippen molar-refractivity contribution in [2.24, 2.45) is 5.41 Å². The van der Waals surface area contributed by atoms with Gasteiger partial charge in [-0.05, 0) is 30.5 Å². The van der Waals surface area contributed by atoms with Crippen LogP contribution in [0.4, 0.5) is 0 Å². The van der Waals surface area contributed by atoms with E-state index >= 15 is 0 Å². The standard InChI is InChI=1S/C14H18ClNO/c1-13(2,3)12(17)16-14(7-8-14)10-5-4-6-11(15)9-10/h4-6,9H,7-8H2,1-3H3,(H,16,17). The van der Waals surface area contributed by atoms with Gasteiger partial charge in [0.25, 0.3) is 0 Å². The zero-order chi connectivity index (χ0) is 12.7. The van der Waals surface area contributed by atoms with Crippen LogP contribution in [0, 0.1) is 5.41 Å². The number of hydrogen-bond acceptors (Lipinski definition) is 1. The summed E-state index contributed by atoms with van der Waals surface area (Å²) in [5, 5.41) is 3.87. The summed E-state index contributed by atoms with van der Waals surface area (Å²) >= 11 is 5.99. The number of hydrogen-bond donors (Lipinski definition) is 1. The number of amides is 1. The van der Waals surface area contributed by atoms with Crippen molar-refractivity contribution in [2.45, 2.75) is 39.2 Å². The third-order valence-electron chi connectivity index (χ3n) is 3.16. The highest BCUT2D eigenvalue weighted by Gasteiger charge is 2.46. The Morgan fingerprint density at radius 1 is 1.35 bits per heavy atom. The van der Waals surface area contributed by atoms with Gasteiger partial charge in [0.05, 0.1) is 5.54 Å². The maximum atomic E-state index is 12.0. The largest absolute Gasteiger partial charge is 0.346 e. The van der Waals surface area contributed by atoms with Gasteiger partial charge in [-0.1, -0.05) is 44.5 Å². The van der Waals surface area contributed by atoms with Crippen LogP contribution in [0.15, 0.2) is 24.3 Å². The van der Waals surface area contributed by atoms with Gasteiger partial charge in [-0.15, -0.1) is 0 Å². The van der Waals surface area contributed by atoms with Crippen molar-refractivity contribution in [1.82, 2.24) is 5.32 Å². The van der Waals surface area contributed by atoms with Crippen molar-refractivity contribution < 1.29 is 4.79 Å². The van der Waals surface area contributed by atoms with Gasteiger partial charge in [-0.2, -0.15) is 0 Å². The summed E-state index contributed by atoms with van der Waals surface area (Å²) in [6.07, 6.45) is 1.99. The highest BCUT2D eigenvalue weighted by Crippen LogP contribution is 2.46. The SMILES string of the molecule is CC(C)(C)C(=O)NC1(c2cccc(Cl)c2)CC1. The molecule has 0 saturated heterocycles. The lowest BCUT2D eigenvalue weighted by molar-refractivity contribution is -0.129. The minimum atomic E-state index is -0.353. The fraction of sp³-hybridized carbons (Fsp3) is 0.500. The van der Waals surface area contributed by atoms with Crippen molar-refractivity contribution in [3.8, 4) is 0 Å². The number of carbonyl (C=O) groups is 1. The number of benzene rings is 1. The smallest absolute Gasteiger partial charge is 0.226 e. The lowest BCUT2D eigenvalue weighted by Crippen LogP contribution is -2.41. The molecule has 0 heterocycles. The van der Waals surface area contributed by atoms with Gasteiger partial charge in [0.1, 0.15) is 0 Å². The third kappa shape index (κ3) is 2.63. The Kier molecular flexibility index (Phi) is 2.94. The molecular weight excluding hydrogens is 234 g/mol. The molecule has 1 N–H and O–H groups in total. The summed E-state index contributed by atoms with van der Waals surface area (Å²) in [6, 6.07) is 7.76. The normalized spacial score (nSPS) is 17.6. The molecule has 1 saturated carbocycles. The molecular formula is C14H18ClNO. The molecule has 1 fully saturated rings. The Morgan fingerprint density at radius 2 is 2.00 bits per heavy atom. The molecule has 92 valence electrons. The monoisotopic (exact) mass is 251 g/mol. The predicted octanol–water partition coefficient (Wildman–Crippen LogP) is 3.49. The lowest BCUT2D eigenvalue weighted by atomic mass is 9.94. The molecule has 1 aliphatic carbocycles. The van der Waals surface area contributed by atoms with E-state index in [1.54, 1.807) is 0 Å². The lowest BCUT2D eigenvalue weighted by Gasteiger charge is -2.24. The van der Waals surface area contributed by atoms with Crippen LogP contribution in [0.1, 0.15) is 39.2 Å². The van der Waals surface area contributed by atoms with Gasteiger partial charge < -0.3 is 5.32 Å². The average Bonchev–Trinajstić information content (AvgIpc) is 2.97. The molecule has 0 radical (unpaired) electrons. The Labute approximate surface area is 107 Å². The summed E-state index contributed by atoms with van der Waals surface area (Å²) in [5.41, 5.74) is 0.589.